The van der Waals surface area contributed by atoms with Gasteiger partial charge >= 0.3 is 0 Å². The molecular formula is C17H15NO3. The number of ether oxygens (including phenoxy) is 2. The number of aromatic nitrogens is 1. The Hall–Kier alpha value is -2.75. The molecule has 106 valence electrons. The smallest absolute Gasteiger partial charge is 0.161 e. The van der Waals surface area contributed by atoms with E-state index in [0.29, 0.717) is 22.6 Å². The quantitative estimate of drug-likeness (QED) is 0.796. The molecule has 4 nitrogen and oxygen atoms in total. The molecule has 0 aliphatic rings. The van der Waals surface area contributed by atoms with Gasteiger partial charge in [0.1, 0.15) is 11.4 Å². The highest BCUT2D eigenvalue weighted by Crippen LogP contribution is 2.39. The molecule has 4 heteroatoms. The van der Waals surface area contributed by atoms with Crippen LogP contribution in [0.1, 0.15) is 0 Å². The fourth-order valence-corrected chi connectivity index (χ4v) is 2.34. The first-order chi connectivity index (χ1) is 10.2. The molecule has 3 aromatic rings. The summed E-state index contributed by atoms with van der Waals surface area (Å²) in [6.07, 6.45) is 1.72. The molecule has 0 spiro atoms. The zero-order valence-electron chi connectivity index (χ0n) is 11.8. The summed E-state index contributed by atoms with van der Waals surface area (Å²) in [6, 6.07) is 13.1. The summed E-state index contributed by atoms with van der Waals surface area (Å²) in [5.41, 5.74) is 1.42. The molecule has 0 aliphatic heterocycles. The third kappa shape index (κ3) is 2.25. The summed E-state index contributed by atoms with van der Waals surface area (Å²) in [7, 11) is 3.15. The Morgan fingerprint density at radius 2 is 1.62 bits per heavy atom. The van der Waals surface area contributed by atoms with Crippen LogP contribution < -0.4 is 9.47 Å². The summed E-state index contributed by atoms with van der Waals surface area (Å²) in [4.78, 5) is 4.36. The van der Waals surface area contributed by atoms with Crippen molar-refractivity contribution >= 4 is 10.8 Å². The Labute approximate surface area is 122 Å². The van der Waals surface area contributed by atoms with Crippen LogP contribution >= 0.6 is 0 Å². The van der Waals surface area contributed by atoms with Crippen LogP contribution in [0.5, 0.6) is 17.2 Å². The van der Waals surface area contributed by atoms with Gasteiger partial charge in [0, 0.05) is 22.5 Å². The maximum absolute atomic E-state index is 10.5. The zero-order chi connectivity index (χ0) is 14.8. The number of hydrogen-bond acceptors (Lipinski definition) is 4. The number of pyridine rings is 1. The average molecular weight is 281 g/mol. The number of rotatable bonds is 3. The van der Waals surface area contributed by atoms with E-state index in [1.54, 1.807) is 32.5 Å². The van der Waals surface area contributed by atoms with E-state index in [-0.39, 0.29) is 5.75 Å². The Morgan fingerprint density at radius 3 is 2.29 bits per heavy atom. The van der Waals surface area contributed by atoms with Crippen molar-refractivity contribution in [3.8, 4) is 28.5 Å². The lowest BCUT2D eigenvalue weighted by Gasteiger charge is -2.11. The van der Waals surface area contributed by atoms with Crippen molar-refractivity contribution in [3.63, 3.8) is 0 Å². The second kappa shape index (κ2) is 5.32. The van der Waals surface area contributed by atoms with Gasteiger partial charge in [0.15, 0.2) is 11.5 Å². The van der Waals surface area contributed by atoms with Gasteiger partial charge in [-0.2, -0.15) is 0 Å². The lowest BCUT2D eigenvalue weighted by molar-refractivity contribution is 0.355. The molecule has 21 heavy (non-hydrogen) atoms. The number of nitrogens with zero attached hydrogens (tertiary/aromatic N) is 1. The monoisotopic (exact) mass is 281 g/mol. The van der Waals surface area contributed by atoms with Crippen LogP contribution in [0.2, 0.25) is 0 Å². The van der Waals surface area contributed by atoms with E-state index in [0.717, 1.165) is 10.9 Å². The number of benzene rings is 2. The number of methoxy groups -OCH3 is 2. The SMILES string of the molecule is COc1cc2cnc(-c3ccccc3)c(O)c2cc1OC. The summed E-state index contributed by atoms with van der Waals surface area (Å²) >= 11 is 0. The minimum atomic E-state index is 0.139. The van der Waals surface area contributed by atoms with E-state index >= 15 is 0 Å². The van der Waals surface area contributed by atoms with Gasteiger partial charge in [-0.1, -0.05) is 30.3 Å². The largest absolute Gasteiger partial charge is 0.505 e. The lowest BCUT2D eigenvalue weighted by atomic mass is 10.1. The minimum Gasteiger partial charge on any atom is -0.505 e. The van der Waals surface area contributed by atoms with Gasteiger partial charge in [-0.05, 0) is 12.1 Å². The molecule has 2 aromatic carbocycles. The highest BCUT2D eigenvalue weighted by molar-refractivity contribution is 5.94. The van der Waals surface area contributed by atoms with Gasteiger partial charge in [0.2, 0.25) is 0 Å². The van der Waals surface area contributed by atoms with Gasteiger partial charge in [-0.3, -0.25) is 4.98 Å². The van der Waals surface area contributed by atoms with Crippen LogP contribution in [0.3, 0.4) is 0 Å². The number of fused-ring (bicyclic) bond motifs is 1. The second-order valence-electron chi connectivity index (χ2n) is 4.62. The predicted octanol–water partition coefficient (Wildman–Crippen LogP) is 3.62. The molecular weight excluding hydrogens is 266 g/mol. The summed E-state index contributed by atoms with van der Waals surface area (Å²) in [5.74, 6) is 1.32. The van der Waals surface area contributed by atoms with Crippen molar-refractivity contribution in [1.29, 1.82) is 0 Å². The highest BCUT2D eigenvalue weighted by atomic mass is 16.5. The molecule has 0 saturated heterocycles. The third-order valence-corrected chi connectivity index (χ3v) is 3.42. The number of hydrogen-bond donors (Lipinski definition) is 1. The van der Waals surface area contributed by atoms with Gasteiger partial charge in [-0.25, -0.2) is 0 Å². The Kier molecular flexibility index (Phi) is 3.36. The molecule has 0 amide bonds. The Balaban J connectivity index is 2.25. The maximum atomic E-state index is 10.5. The van der Waals surface area contributed by atoms with Gasteiger partial charge < -0.3 is 14.6 Å². The van der Waals surface area contributed by atoms with Crippen molar-refractivity contribution in [2.45, 2.75) is 0 Å². The number of aromatic hydroxyl groups is 1. The van der Waals surface area contributed by atoms with E-state index < -0.39 is 0 Å². The normalized spacial score (nSPS) is 10.6. The van der Waals surface area contributed by atoms with Crippen LogP contribution in [-0.2, 0) is 0 Å². The fourth-order valence-electron chi connectivity index (χ4n) is 2.34. The van der Waals surface area contributed by atoms with Crippen LogP contribution in [-0.4, -0.2) is 24.3 Å². The van der Waals surface area contributed by atoms with Crippen molar-refractivity contribution in [2.75, 3.05) is 14.2 Å². The van der Waals surface area contributed by atoms with E-state index in [4.69, 9.17) is 9.47 Å². The van der Waals surface area contributed by atoms with Crippen molar-refractivity contribution in [1.82, 2.24) is 4.98 Å². The average Bonchev–Trinajstić information content (AvgIpc) is 2.55. The summed E-state index contributed by atoms with van der Waals surface area (Å²) in [6.45, 7) is 0. The first kappa shape index (κ1) is 13.2. The van der Waals surface area contributed by atoms with Crippen molar-refractivity contribution in [2.24, 2.45) is 0 Å². The highest BCUT2D eigenvalue weighted by Gasteiger charge is 2.13. The summed E-state index contributed by atoms with van der Waals surface area (Å²) in [5, 5.41) is 12.0. The molecule has 1 heterocycles. The molecule has 0 atom stereocenters. The van der Waals surface area contributed by atoms with E-state index in [1.807, 2.05) is 30.3 Å². The first-order valence-corrected chi connectivity index (χ1v) is 6.53. The zero-order valence-corrected chi connectivity index (χ0v) is 11.8. The molecule has 0 bridgehead atoms. The van der Waals surface area contributed by atoms with Crippen molar-refractivity contribution in [3.05, 3.63) is 48.7 Å². The van der Waals surface area contributed by atoms with Crippen LogP contribution in [0.15, 0.2) is 48.7 Å². The van der Waals surface area contributed by atoms with Crippen LogP contribution in [0.25, 0.3) is 22.0 Å². The molecule has 0 saturated carbocycles. The van der Waals surface area contributed by atoms with Gasteiger partial charge in [0.25, 0.3) is 0 Å². The van der Waals surface area contributed by atoms with E-state index in [1.165, 1.54) is 0 Å². The maximum Gasteiger partial charge on any atom is 0.161 e. The van der Waals surface area contributed by atoms with Gasteiger partial charge in [-0.15, -0.1) is 0 Å². The van der Waals surface area contributed by atoms with Gasteiger partial charge in [0.05, 0.1) is 14.2 Å². The predicted molar refractivity (Wildman–Crippen MR) is 81.9 cm³/mol. The first-order valence-electron chi connectivity index (χ1n) is 6.53. The molecule has 3 rings (SSSR count). The summed E-state index contributed by atoms with van der Waals surface area (Å²) < 4.78 is 10.6. The van der Waals surface area contributed by atoms with Crippen molar-refractivity contribution < 1.29 is 14.6 Å². The molecule has 0 radical (unpaired) electrons. The molecule has 1 N–H and O–H groups in total. The lowest BCUT2D eigenvalue weighted by Crippen LogP contribution is -1.92. The third-order valence-electron chi connectivity index (χ3n) is 3.42. The van der Waals surface area contributed by atoms with Crippen LogP contribution in [0, 0.1) is 0 Å². The van der Waals surface area contributed by atoms with E-state index in [9.17, 15) is 5.11 Å². The topological polar surface area (TPSA) is 51.6 Å². The fraction of sp³-hybridized carbons (Fsp3) is 0.118. The molecule has 0 unspecified atom stereocenters. The molecule has 0 aliphatic carbocycles. The molecule has 1 aromatic heterocycles. The Morgan fingerprint density at radius 1 is 0.952 bits per heavy atom. The van der Waals surface area contributed by atoms with E-state index in [2.05, 4.69) is 4.98 Å². The Bertz CT molecular complexity index is 785. The minimum absolute atomic E-state index is 0.139. The second-order valence-corrected chi connectivity index (χ2v) is 4.62. The standard InChI is InChI=1S/C17H15NO3/c1-20-14-8-12-10-18-16(11-6-4-3-5-7-11)17(19)13(12)9-15(14)21-2/h3-10,19H,1-2H3. The molecule has 0 fully saturated rings. The van der Waals surface area contributed by atoms with Crippen LogP contribution in [0.4, 0.5) is 0 Å².